The maximum Gasteiger partial charge on any atom is 0.0317 e. The van der Waals surface area contributed by atoms with Crippen molar-refractivity contribution < 1.29 is 0 Å². The Morgan fingerprint density at radius 2 is 1.65 bits per heavy atom. The van der Waals surface area contributed by atoms with E-state index < -0.39 is 0 Å². The molecule has 0 saturated heterocycles. The largest absolute Gasteiger partial charge is 0.399 e. The smallest absolute Gasteiger partial charge is 0.0317 e. The van der Waals surface area contributed by atoms with Gasteiger partial charge in [-0.25, -0.2) is 0 Å². The number of unbranched alkanes of at least 4 members (excludes halogenated alkanes) is 6. The molecule has 0 aliphatic rings. The molecule has 0 heterocycles. The topological polar surface area (TPSA) is 29.3 Å². The van der Waals surface area contributed by atoms with E-state index >= 15 is 0 Å². The zero-order chi connectivity index (χ0) is 14.6. The monoisotopic (exact) mass is 276 g/mol. The van der Waals surface area contributed by atoms with E-state index in [1.54, 1.807) is 0 Å². The molecule has 20 heavy (non-hydrogen) atoms. The van der Waals surface area contributed by atoms with Gasteiger partial charge in [0.05, 0.1) is 0 Å². The number of rotatable bonds is 11. The number of nitrogen functional groups attached to an aromatic ring is 1. The van der Waals surface area contributed by atoms with Crippen molar-refractivity contribution >= 4 is 5.69 Å². The first-order valence-electron chi connectivity index (χ1n) is 8.33. The summed E-state index contributed by atoms with van der Waals surface area (Å²) in [6, 6.07) is 8.26. The van der Waals surface area contributed by atoms with Crippen molar-refractivity contribution in [3.05, 3.63) is 29.8 Å². The molecule has 0 unspecified atom stereocenters. The van der Waals surface area contributed by atoms with Crippen LogP contribution in [0.25, 0.3) is 0 Å². The summed E-state index contributed by atoms with van der Waals surface area (Å²) in [4.78, 5) is 2.51. The molecule has 2 heteroatoms. The molecule has 0 radical (unpaired) electrons. The van der Waals surface area contributed by atoms with Gasteiger partial charge in [0.15, 0.2) is 0 Å². The Bertz CT molecular complexity index is 349. The Hall–Kier alpha value is -1.02. The van der Waals surface area contributed by atoms with Crippen LogP contribution in [0.4, 0.5) is 5.69 Å². The minimum Gasteiger partial charge on any atom is -0.399 e. The van der Waals surface area contributed by atoms with E-state index in [4.69, 9.17) is 5.73 Å². The second kappa shape index (κ2) is 10.7. The SMILES string of the molecule is CCCCCCCCCN(CC)Cc1cccc(N)c1. The summed E-state index contributed by atoms with van der Waals surface area (Å²) in [6.45, 7) is 7.87. The number of benzene rings is 1. The quantitative estimate of drug-likeness (QED) is 0.463. The molecule has 0 aromatic heterocycles. The van der Waals surface area contributed by atoms with Crippen LogP contribution in [0, 0.1) is 0 Å². The summed E-state index contributed by atoms with van der Waals surface area (Å²) < 4.78 is 0. The lowest BCUT2D eigenvalue weighted by atomic mass is 10.1. The summed E-state index contributed by atoms with van der Waals surface area (Å²) in [5, 5.41) is 0. The maximum absolute atomic E-state index is 5.84. The van der Waals surface area contributed by atoms with E-state index in [2.05, 4.69) is 30.9 Å². The van der Waals surface area contributed by atoms with Gasteiger partial charge in [-0.3, -0.25) is 4.90 Å². The summed E-state index contributed by atoms with van der Waals surface area (Å²) in [7, 11) is 0. The predicted molar refractivity (Wildman–Crippen MR) is 89.8 cm³/mol. The Morgan fingerprint density at radius 3 is 2.30 bits per heavy atom. The molecule has 0 spiro atoms. The fourth-order valence-corrected chi connectivity index (χ4v) is 2.59. The van der Waals surface area contributed by atoms with Gasteiger partial charge >= 0.3 is 0 Å². The minimum atomic E-state index is 0.870. The Labute approximate surface area is 125 Å². The average Bonchev–Trinajstić information content (AvgIpc) is 2.45. The maximum atomic E-state index is 5.84. The van der Waals surface area contributed by atoms with Crippen LogP contribution in [0.2, 0.25) is 0 Å². The van der Waals surface area contributed by atoms with E-state index in [9.17, 15) is 0 Å². The van der Waals surface area contributed by atoms with Crippen LogP contribution in [0.1, 0.15) is 64.4 Å². The van der Waals surface area contributed by atoms with E-state index in [1.807, 2.05) is 12.1 Å². The third-order valence-electron chi connectivity index (χ3n) is 3.88. The molecular weight excluding hydrogens is 244 g/mol. The second-order valence-corrected chi connectivity index (χ2v) is 5.74. The Morgan fingerprint density at radius 1 is 0.950 bits per heavy atom. The van der Waals surface area contributed by atoms with Crippen molar-refractivity contribution in [1.29, 1.82) is 0 Å². The molecule has 1 aromatic rings. The first kappa shape index (κ1) is 17.0. The molecule has 2 nitrogen and oxygen atoms in total. The highest BCUT2D eigenvalue weighted by Crippen LogP contribution is 2.11. The van der Waals surface area contributed by atoms with Gasteiger partial charge in [0, 0.05) is 12.2 Å². The van der Waals surface area contributed by atoms with Gasteiger partial charge in [0.2, 0.25) is 0 Å². The Balaban J connectivity index is 2.16. The number of nitrogens with two attached hydrogens (primary N) is 1. The third-order valence-corrected chi connectivity index (χ3v) is 3.88. The standard InChI is InChI=1S/C18H32N2/c1-3-5-6-7-8-9-10-14-20(4-2)16-17-12-11-13-18(19)15-17/h11-13,15H,3-10,14,16,19H2,1-2H3. The molecule has 114 valence electrons. The van der Waals surface area contributed by atoms with Crippen LogP contribution >= 0.6 is 0 Å². The lowest BCUT2D eigenvalue weighted by Gasteiger charge is -2.20. The van der Waals surface area contributed by atoms with Gasteiger partial charge in [-0.2, -0.15) is 0 Å². The van der Waals surface area contributed by atoms with Gasteiger partial charge in [0.25, 0.3) is 0 Å². The predicted octanol–water partition coefficient (Wildman–Crippen LogP) is 4.84. The molecule has 1 rings (SSSR count). The van der Waals surface area contributed by atoms with Crippen molar-refractivity contribution in [2.24, 2.45) is 0 Å². The van der Waals surface area contributed by atoms with Crippen molar-refractivity contribution in [1.82, 2.24) is 4.90 Å². The molecule has 0 atom stereocenters. The number of anilines is 1. The highest BCUT2D eigenvalue weighted by Gasteiger charge is 2.03. The molecule has 0 aliphatic heterocycles. The zero-order valence-corrected chi connectivity index (χ0v) is 13.4. The lowest BCUT2D eigenvalue weighted by Crippen LogP contribution is -2.24. The van der Waals surface area contributed by atoms with E-state index in [0.717, 1.165) is 18.8 Å². The van der Waals surface area contributed by atoms with Gasteiger partial charge in [-0.15, -0.1) is 0 Å². The zero-order valence-electron chi connectivity index (χ0n) is 13.4. The molecule has 2 N–H and O–H groups in total. The number of hydrogen-bond donors (Lipinski definition) is 1. The first-order valence-corrected chi connectivity index (χ1v) is 8.33. The van der Waals surface area contributed by atoms with Crippen LogP contribution in [0.15, 0.2) is 24.3 Å². The van der Waals surface area contributed by atoms with Crippen LogP contribution in [-0.2, 0) is 6.54 Å². The normalized spacial score (nSPS) is 11.2. The van der Waals surface area contributed by atoms with Crippen LogP contribution in [0.3, 0.4) is 0 Å². The molecule has 0 amide bonds. The highest BCUT2D eigenvalue weighted by molar-refractivity contribution is 5.40. The second-order valence-electron chi connectivity index (χ2n) is 5.74. The van der Waals surface area contributed by atoms with Gasteiger partial charge in [-0.1, -0.05) is 64.5 Å². The van der Waals surface area contributed by atoms with Crippen molar-refractivity contribution in [3.8, 4) is 0 Å². The van der Waals surface area contributed by atoms with Gasteiger partial charge in [-0.05, 0) is 37.2 Å². The molecule has 1 aromatic carbocycles. The Kier molecular flexibility index (Phi) is 9.14. The highest BCUT2D eigenvalue weighted by atomic mass is 15.1. The summed E-state index contributed by atoms with van der Waals surface area (Å²) in [6.07, 6.45) is 9.65. The van der Waals surface area contributed by atoms with Crippen molar-refractivity contribution in [3.63, 3.8) is 0 Å². The van der Waals surface area contributed by atoms with Gasteiger partial charge < -0.3 is 5.73 Å². The summed E-state index contributed by atoms with van der Waals surface area (Å²) >= 11 is 0. The number of hydrogen-bond acceptors (Lipinski definition) is 2. The van der Waals surface area contributed by atoms with Crippen LogP contribution in [0.5, 0.6) is 0 Å². The minimum absolute atomic E-state index is 0.870. The third kappa shape index (κ3) is 7.54. The fourth-order valence-electron chi connectivity index (χ4n) is 2.59. The van der Waals surface area contributed by atoms with E-state index in [-0.39, 0.29) is 0 Å². The molecule has 0 aliphatic carbocycles. The van der Waals surface area contributed by atoms with Crippen molar-refractivity contribution in [2.45, 2.75) is 65.3 Å². The van der Waals surface area contributed by atoms with E-state index in [1.165, 1.54) is 57.1 Å². The molecule has 0 bridgehead atoms. The molecule has 0 saturated carbocycles. The van der Waals surface area contributed by atoms with E-state index in [0.29, 0.717) is 0 Å². The molecule has 0 fully saturated rings. The molecular formula is C18H32N2. The number of nitrogens with zero attached hydrogens (tertiary/aromatic N) is 1. The fraction of sp³-hybridized carbons (Fsp3) is 0.667. The van der Waals surface area contributed by atoms with Crippen LogP contribution in [-0.4, -0.2) is 18.0 Å². The lowest BCUT2D eigenvalue weighted by molar-refractivity contribution is 0.272. The summed E-state index contributed by atoms with van der Waals surface area (Å²) in [5.41, 5.74) is 8.04. The van der Waals surface area contributed by atoms with Gasteiger partial charge in [0.1, 0.15) is 0 Å². The summed E-state index contributed by atoms with van der Waals surface area (Å²) in [5.74, 6) is 0. The average molecular weight is 276 g/mol. The van der Waals surface area contributed by atoms with Crippen molar-refractivity contribution in [2.75, 3.05) is 18.8 Å². The first-order chi connectivity index (χ1) is 9.76. The van der Waals surface area contributed by atoms with Crippen LogP contribution < -0.4 is 5.73 Å².